The third kappa shape index (κ3) is 2.52. The molecule has 0 aromatic carbocycles. The molecule has 6 heteroatoms. The summed E-state index contributed by atoms with van der Waals surface area (Å²) in [5, 5.41) is 7.51. The molecule has 17 heavy (non-hydrogen) atoms. The Morgan fingerprint density at radius 3 is 2.88 bits per heavy atom. The standard InChI is InChI=1S/C11H16N6/c1-3-9-10(12)14-7-15-11(9)13-6-8-4-5-17(2)16-8/h4-5,7H,3,6H2,1-2H3,(H3,12,13,14,15). The van der Waals surface area contributed by atoms with Gasteiger partial charge in [0.1, 0.15) is 18.0 Å². The summed E-state index contributed by atoms with van der Waals surface area (Å²) in [7, 11) is 1.89. The van der Waals surface area contributed by atoms with Crippen LogP contribution in [0.25, 0.3) is 0 Å². The zero-order valence-electron chi connectivity index (χ0n) is 10.0. The van der Waals surface area contributed by atoms with Crippen LogP contribution in [0.4, 0.5) is 11.6 Å². The molecule has 0 aliphatic carbocycles. The summed E-state index contributed by atoms with van der Waals surface area (Å²) >= 11 is 0. The number of anilines is 2. The second-order valence-corrected chi connectivity index (χ2v) is 3.77. The Labute approximate surface area is 99.9 Å². The molecule has 6 nitrogen and oxygen atoms in total. The summed E-state index contributed by atoms with van der Waals surface area (Å²) in [6, 6.07) is 1.96. The lowest BCUT2D eigenvalue weighted by atomic mass is 10.2. The molecule has 90 valence electrons. The second-order valence-electron chi connectivity index (χ2n) is 3.77. The highest BCUT2D eigenvalue weighted by Crippen LogP contribution is 2.17. The molecule has 2 heterocycles. The summed E-state index contributed by atoms with van der Waals surface area (Å²) in [4.78, 5) is 8.17. The molecule has 0 aliphatic rings. The van der Waals surface area contributed by atoms with Gasteiger partial charge in [0.2, 0.25) is 0 Å². The van der Waals surface area contributed by atoms with E-state index in [-0.39, 0.29) is 0 Å². The average Bonchev–Trinajstić information content (AvgIpc) is 2.72. The maximum atomic E-state index is 5.79. The molecule has 2 rings (SSSR count). The van der Waals surface area contributed by atoms with E-state index < -0.39 is 0 Å². The van der Waals surface area contributed by atoms with Gasteiger partial charge in [0.25, 0.3) is 0 Å². The second kappa shape index (κ2) is 4.82. The van der Waals surface area contributed by atoms with E-state index in [1.165, 1.54) is 6.33 Å². The van der Waals surface area contributed by atoms with Crippen molar-refractivity contribution in [2.75, 3.05) is 11.1 Å². The first-order chi connectivity index (χ1) is 8.20. The van der Waals surface area contributed by atoms with Gasteiger partial charge >= 0.3 is 0 Å². The predicted molar refractivity (Wildman–Crippen MR) is 66.4 cm³/mol. The fourth-order valence-corrected chi connectivity index (χ4v) is 1.66. The fraction of sp³-hybridized carbons (Fsp3) is 0.364. The van der Waals surface area contributed by atoms with Crippen LogP contribution in [0.2, 0.25) is 0 Å². The number of aryl methyl sites for hydroxylation is 1. The maximum Gasteiger partial charge on any atom is 0.135 e. The van der Waals surface area contributed by atoms with Crippen LogP contribution in [0.15, 0.2) is 18.6 Å². The summed E-state index contributed by atoms with van der Waals surface area (Å²) < 4.78 is 1.77. The molecule has 0 unspecified atom stereocenters. The molecule has 0 saturated heterocycles. The third-order valence-electron chi connectivity index (χ3n) is 2.54. The van der Waals surface area contributed by atoms with Crippen molar-refractivity contribution < 1.29 is 0 Å². The van der Waals surface area contributed by atoms with E-state index in [0.717, 1.165) is 23.5 Å². The zero-order chi connectivity index (χ0) is 12.3. The Kier molecular flexibility index (Phi) is 3.22. The number of nitrogens with two attached hydrogens (primary N) is 1. The molecule has 0 bridgehead atoms. The van der Waals surface area contributed by atoms with Crippen LogP contribution in [0, 0.1) is 0 Å². The third-order valence-corrected chi connectivity index (χ3v) is 2.54. The predicted octanol–water partition coefficient (Wildman–Crippen LogP) is 0.967. The van der Waals surface area contributed by atoms with Crippen molar-refractivity contribution in [1.82, 2.24) is 19.7 Å². The lowest BCUT2D eigenvalue weighted by Gasteiger charge is -2.09. The molecule has 0 aliphatic heterocycles. The van der Waals surface area contributed by atoms with Crippen molar-refractivity contribution >= 4 is 11.6 Å². The van der Waals surface area contributed by atoms with Crippen LogP contribution in [0.5, 0.6) is 0 Å². The monoisotopic (exact) mass is 232 g/mol. The van der Waals surface area contributed by atoms with Gasteiger partial charge in [-0.1, -0.05) is 6.92 Å². The normalized spacial score (nSPS) is 10.5. The van der Waals surface area contributed by atoms with E-state index in [2.05, 4.69) is 20.4 Å². The van der Waals surface area contributed by atoms with Gasteiger partial charge in [-0.2, -0.15) is 5.10 Å². The average molecular weight is 232 g/mol. The summed E-state index contributed by atoms with van der Waals surface area (Å²) in [5.41, 5.74) is 7.71. The molecule has 0 spiro atoms. The largest absolute Gasteiger partial charge is 0.383 e. The lowest BCUT2D eigenvalue weighted by Crippen LogP contribution is -2.08. The number of rotatable bonds is 4. The first-order valence-electron chi connectivity index (χ1n) is 5.52. The molecule has 2 aromatic heterocycles. The Morgan fingerprint density at radius 2 is 2.24 bits per heavy atom. The molecular weight excluding hydrogens is 216 g/mol. The summed E-state index contributed by atoms with van der Waals surface area (Å²) in [5.74, 6) is 1.32. The SMILES string of the molecule is CCc1c(N)ncnc1NCc1ccn(C)n1. The molecule has 0 atom stereocenters. The molecule has 0 radical (unpaired) electrons. The fourth-order valence-electron chi connectivity index (χ4n) is 1.66. The molecular formula is C11H16N6. The minimum absolute atomic E-state index is 0.533. The molecule has 0 saturated carbocycles. The quantitative estimate of drug-likeness (QED) is 0.820. The van der Waals surface area contributed by atoms with Crippen LogP contribution in [0.1, 0.15) is 18.2 Å². The van der Waals surface area contributed by atoms with E-state index >= 15 is 0 Å². The van der Waals surface area contributed by atoms with Crippen LogP contribution < -0.4 is 11.1 Å². The number of nitrogens with zero attached hydrogens (tertiary/aromatic N) is 4. The minimum atomic E-state index is 0.533. The molecule has 2 aromatic rings. The van der Waals surface area contributed by atoms with Crippen LogP contribution >= 0.6 is 0 Å². The first-order valence-corrected chi connectivity index (χ1v) is 5.52. The van der Waals surface area contributed by atoms with Gasteiger partial charge in [0.15, 0.2) is 0 Å². The number of hydrogen-bond donors (Lipinski definition) is 2. The van der Waals surface area contributed by atoms with Gasteiger partial charge in [-0.25, -0.2) is 9.97 Å². The van der Waals surface area contributed by atoms with E-state index in [1.54, 1.807) is 4.68 Å². The van der Waals surface area contributed by atoms with E-state index in [9.17, 15) is 0 Å². The summed E-state index contributed by atoms with van der Waals surface area (Å²) in [6.45, 7) is 2.66. The van der Waals surface area contributed by atoms with E-state index in [1.807, 2.05) is 26.2 Å². The Morgan fingerprint density at radius 1 is 1.41 bits per heavy atom. The number of hydrogen-bond acceptors (Lipinski definition) is 5. The zero-order valence-corrected chi connectivity index (χ0v) is 10.0. The van der Waals surface area contributed by atoms with Crippen molar-refractivity contribution in [1.29, 1.82) is 0 Å². The van der Waals surface area contributed by atoms with Crippen molar-refractivity contribution in [3.05, 3.63) is 29.8 Å². The van der Waals surface area contributed by atoms with Crippen molar-refractivity contribution in [2.45, 2.75) is 19.9 Å². The minimum Gasteiger partial charge on any atom is -0.383 e. The van der Waals surface area contributed by atoms with Gasteiger partial charge in [0.05, 0.1) is 12.2 Å². The molecule has 3 N–H and O–H groups in total. The van der Waals surface area contributed by atoms with Gasteiger partial charge in [-0.05, 0) is 12.5 Å². The molecule has 0 amide bonds. The Hall–Kier alpha value is -2.11. The van der Waals surface area contributed by atoms with Crippen molar-refractivity contribution in [2.24, 2.45) is 7.05 Å². The van der Waals surface area contributed by atoms with Crippen molar-refractivity contribution in [3.63, 3.8) is 0 Å². The van der Waals surface area contributed by atoms with E-state index in [0.29, 0.717) is 12.4 Å². The van der Waals surface area contributed by atoms with Crippen molar-refractivity contribution in [3.8, 4) is 0 Å². The van der Waals surface area contributed by atoms with Gasteiger partial charge < -0.3 is 11.1 Å². The van der Waals surface area contributed by atoms with Crippen LogP contribution in [0.3, 0.4) is 0 Å². The van der Waals surface area contributed by atoms with E-state index in [4.69, 9.17) is 5.73 Å². The maximum absolute atomic E-state index is 5.79. The number of nitrogens with one attached hydrogen (secondary N) is 1. The Balaban J connectivity index is 2.11. The summed E-state index contributed by atoms with van der Waals surface area (Å²) in [6.07, 6.45) is 4.18. The van der Waals surface area contributed by atoms with Crippen LogP contribution in [-0.4, -0.2) is 19.7 Å². The number of aromatic nitrogens is 4. The highest BCUT2D eigenvalue weighted by molar-refractivity contribution is 5.54. The topological polar surface area (TPSA) is 81.6 Å². The van der Waals surface area contributed by atoms with Gasteiger partial charge in [-0.15, -0.1) is 0 Å². The molecule has 0 fully saturated rings. The van der Waals surface area contributed by atoms with Gasteiger partial charge in [-0.3, -0.25) is 4.68 Å². The lowest BCUT2D eigenvalue weighted by molar-refractivity contribution is 0.746. The smallest absolute Gasteiger partial charge is 0.135 e. The first kappa shape index (κ1) is 11.4. The van der Waals surface area contributed by atoms with Gasteiger partial charge in [0, 0.05) is 18.8 Å². The van der Waals surface area contributed by atoms with Crippen LogP contribution in [-0.2, 0) is 20.0 Å². The Bertz CT molecular complexity index is 504. The highest BCUT2D eigenvalue weighted by atomic mass is 15.3. The number of nitrogen functional groups attached to an aromatic ring is 1. The highest BCUT2D eigenvalue weighted by Gasteiger charge is 2.07.